The van der Waals surface area contributed by atoms with E-state index >= 15 is 0 Å². The fourth-order valence-corrected chi connectivity index (χ4v) is 0. The Balaban J connectivity index is 0. The van der Waals surface area contributed by atoms with Gasteiger partial charge in [0.2, 0.25) is 0 Å². The van der Waals surface area contributed by atoms with E-state index in [1.807, 2.05) is 0 Å². The minimum absolute atomic E-state index is 0. The Labute approximate surface area is 120 Å². The van der Waals surface area contributed by atoms with Gasteiger partial charge in [-0.05, 0) is 0 Å². The molecule has 0 aromatic rings. The van der Waals surface area contributed by atoms with Crippen molar-refractivity contribution in [1.29, 1.82) is 0 Å². The molecule has 73 valence electrons. The van der Waals surface area contributed by atoms with Gasteiger partial charge in [0.05, 0.1) is 101 Å². The molecule has 13 heavy (non-hydrogen) atoms. The Hall–Kier alpha value is 1.38. The molecule has 0 spiro atoms. The standard InChI is InChI=1S/12BH3.Li/h12*1H3;. The molecule has 0 heterocycles. The second-order valence-electron chi connectivity index (χ2n) is 0. The first-order valence-electron chi connectivity index (χ1n) is 0. The minimum Gasteiger partial charge on any atom is 0 e. The van der Waals surface area contributed by atoms with E-state index in [0.29, 0.717) is 0 Å². The number of hydrogen-bond donors (Lipinski definition) is 0. The first-order valence-corrected chi connectivity index (χ1v) is 0. The van der Waals surface area contributed by atoms with E-state index in [2.05, 4.69) is 0 Å². The quantitative estimate of drug-likeness (QED) is 0.319. The zero-order valence-corrected chi connectivity index (χ0v) is 1.00. The predicted octanol–water partition coefficient (Wildman–Crippen LogP) is -14.6. The average Bonchev–Trinajstić information content (AvgIpc) is 0. The van der Waals surface area contributed by atoms with E-state index in [0.717, 1.165) is 0 Å². The molecular weight excluding hydrogens is 137 g/mol. The van der Waals surface area contributed by atoms with Crippen molar-refractivity contribution >= 4 is 120 Å². The van der Waals surface area contributed by atoms with Crippen molar-refractivity contribution in [3.63, 3.8) is 0 Å². The molecule has 0 unspecified atom stereocenters. The normalized spacial score (nSPS) is 0. The predicted molar refractivity (Wildman–Crippen MR) is 125 cm³/mol. The van der Waals surface area contributed by atoms with Gasteiger partial charge < -0.3 is 0 Å². The van der Waals surface area contributed by atoms with Crippen LogP contribution in [0.4, 0.5) is 0 Å². The third-order valence-electron chi connectivity index (χ3n) is 0. The van der Waals surface area contributed by atoms with Gasteiger partial charge in [-0.2, -0.15) is 0 Å². The minimum atomic E-state index is 0. The third kappa shape index (κ3) is 914. The van der Waals surface area contributed by atoms with E-state index in [4.69, 9.17) is 0 Å². The maximum Gasteiger partial charge on any atom is 0.0814 e. The average molecular weight is 173 g/mol. The van der Waals surface area contributed by atoms with Crippen LogP contribution >= 0.6 is 0 Å². The molecule has 0 fully saturated rings. The van der Waals surface area contributed by atoms with Crippen molar-refractivity contribution < 1.29 is 0 Å². The molecule has 0 aromatic heterocycles. The van der Waals surface area contributed by atoms with Crippen LogP contribution in [-0.4, -0.2) is 120 Å². The molecule has 1 radical (unpaired) electrons. The summed E-state index contributed by atoms with van der Waals surface area (Å²) in [4.78, 5) is 0. The van der Waals surface area contributed by atoms with Crippen molar-refractivity contribution in [3.8, 4) is 0 Å². The monoisotopic (exact) mass is 175 g/mol. The van der Waals surface area contributed by atoms with Crippen LogP contribution in [-0.2, 0) is 0 Å². The summed E-state index contributed by atoms with van der Waals surface area (Å²) in [7, 11) is 0. The van der Waals surface area contributed by atoms with Gasteiger partial charge in [-0.25, -0.2) is 0 Å². The summed E-state index contributed by atoms with van der Waals surface area (Å²) in [5, 5.41) is 0. The van der Waals surface area contributed by atoms with Crippen molar-refractivity contribution in [2.24, 2.45) is 0 Å². The van der Waals surface area contributed by atoms with Crippen LogP contribution in [0.15, 0.2) is 0 Å². The molecule has 0 saturated carbocycles. The summed E-state index contributed by atoms with van der Waals surface area (Å²) in [5.74, 6) is 0. The van der Waals surface area contributed by atoms with Crippen LogP contribution in [0.3, 0.4) is 0 Å². The Kier molecular flexibility index (Phi) is 113000. The van der Waals surface area contributed by atoms with Crippen molar-refractivity contribution in [2.75, 3.05) is 0 Å². The Morgan fingerprint density at radius 3 is 0.154 bits per heavy atom. The molecule has 0 aliphatic heterocycles. The van der Waals surface area contributed by atoms with Gasteiger partial charge in [0.15, 0.2) is 0 Å². The molecule has 0 atom stereocenters. The fourth-order valence-electron chi connectivity index (χ4n) is 0. The van der Waals surface area contributed by atoms with Gasteiger partial charge in [0.25, 0.3) is 0 Å². The molecule has 0 N–H and O–H groups in total. The maximum atomic E-state index is 0. The summed E-state index contributed by atoms with van der Waals surface area (Å²) < 4.78 is 0. The van der Waals surface area contributed by atoms with Crippen LogP contribution in [0.25, 0.3) is 0 Å². The van der Waals surface area contributed by atoms with Gasteiger partial charge in [0.1, 0.15) is 0 Å². The van der Waals surface area contributed by atoms with E-state index < -0.39 is 0 Å². The zero-order valence-electron chi connectivity index (χ0n) is 1.00. The molecule has 0 rings (SSSR count). The van der Waals surface area contributed by atoms with E-state index in [-0.39, 0.29) is 120 Å². The first kappa shape index (κ1) is 1360. The Morgan fingerprint density at radius 1 is 0.154 bits per heavy atom. The summed E-state index contributed by atoms with van der Waals surface area (Å²) in [5.41, 5.74) is 0. The van der Waals surface area contributed by atoms with Crippen LogP contribution in [0, 0.1) is 0 Å². The van der Waals surface area contributed by atoms with Crippen molar-refractivity contribution in [1.82, 2.24) is 0 Å². The summed E-state index contributed by atoms with van der Waals surface area (Å²) >= 11 is 0. The van der Waals surface area contributed by atoms with Crippen LogP contribution in [0.5, 0.6) is 0 Å². The smallest absolute Gasteiger partial charge is 0 e. The van der Waals surface area contributed by atoms with Crippen LogP contribution in [0.2, 0.25) is 0 Å². The molecule has 0 aromatic carbocycles. The Morgan fingerprint density at radius 2 is 0.154 bits per heavy atom. The first-order chi connectivity index (χ1) is 0. The van der Waals surface area contributed by atoms with Crippen LogP contribution in [0.1, 0.15) is 0 Å². The second kappa shape index (κ2) is 1080. The summed E-state index contributed by atoms with van der Waals surface area (Å²) in [6.45, 7) is 0. The zero-order chi connectivity index (χ0) is 0. The van der Waals surface area contributed by atoms with Gasteiger partial charge in [0, 0.05) is 18.9 Å². The van der Waals surface area contributed by atoms with Gasteiger partial charge in [-0.3, -0.25) is 0 Å². The molecule has 13 heteroatoms. The molecule has 0 saturated heterocycles. The number of rotatable bonds is 0. The molecular formula is H36B12Li. The largest absolute Gasteiger partial charge is 0.0814 e. The number of hydrogen-bond acceptors (Lipinski definition) is 0. The molecule has 0 nitrogen and oxygen atoms in total. The molecule has 0 amide bonds. The Bertz CT molecular complexity index is 5.09. The third-order valence-corrected chi connectivity index (χ3v) is 0. The van der Waals surface area contributed by atoms with E-state index in [1.165, 1.54) is 0 Å². The topological polar surface area (TPSA) is 0 Å². The van der Waals surface area contributed by atoms with Gasteiger partial charge in [-0.15, -0.1) is 0 Å². The van der Waals surface area contributed by atoms with Crippen LogP contribution < -0.4 is 0 Å². The van der Waals surface area contributed by atoms with Crippen molar-refractivity contribution in [2.45, 2.75) is 0 Å². The molecule has 0 aliphatic carbocycles. The van der Waals surface area contributed by atoms with E-state index in [9.17, 15) is 0 Å². The SMILES string of the molecule is B.B.B.B.B.B.B.B.B.B.B.B.[Li]. The second-order valence-corrected chi connectivity index (χ2v) is 0. The van der Waals surface area contributed by atoms with Gasteiger partial charge >= 0.3 is 0 Å². The molecule has 0 bridgehead atoms. The summed E-state index contributed by atoms with van der Waals surface area (Å²) in [6, 6.07) is 0. The summed E-state index contributed by atoms with van der Waals surface area (Å²) in [6.07, 6.45) is 0. The maximum absolute atomic E-state index is 0. The van der Waals surface area contributed by atoms with Crippen molar-refractivity contribution in [3.05, 3.63) is 0 Å². The molecule has 0 aliphatic rings. The van der Waals surface area contributed by atoms with E-state index in [1.54, 1.807) is 0 Å². The fraction of sp³-hybridized carbons (Fsp3) is 0. The van der Waals surface area contributed by atoms with Gasteiger partial charge in [-0.1, -0.05) is 0 Å².